The lowest BCUT2D eigenvalue weighted by Crippen LogP contribution is -2.44. The van der Waals surface area contributed by atoms with Crippen LogP contribution in [0.1, 0.15) is 23.2 Å². The molecule has 1 heterocycles. The largest absolute Gasteiger partial charge is 0.493 e. The second-order valence-corrected chi connectivity index (χ2v) is 6.01. The summed E-state index contributed by atoms with van der Waals surface area (Å²) in [6, 6.07) is 5.72. The maximum Gasteiger partial charge on any atom is 0.341 e. The first-order valence-corrected chi connectivity index (χ1v) is 8.43. The van der Waals surface area contributed by atoms with Crippen LogP contribution in [-0.4, -0.2) is 71.5 Å². The molecule has 1 fully saturated rings. The van der Waals surface area contributed by atoms with Crippen LogP contribution in [0.4, 0.5) is 5.69 Å². The minimum atomic E-state index is -0.369. The first kappa shape index (κ1) is 18.5. The Morgan fingerprint density at radius 1 is 1.08 bits per heavy atom. The van der Waals surface area contributed by atoms with Crippen LogP contribution in [-0.2, 0) is 9.47 Å². The first-order chi connectivity index (χ1) is 11.7. The number of likely N-dealkylation sites (N-methyl/N-ethyl adjacent to an activating group) is 1. The van der Waals surface area contributed by atoms with Crippen molar-refractivity contribution in [3.8, 4) is 5.75 Å². The number of unbranched alkanes of at least 4 members (excludes halogenated alkanes) is 1. The highest BCUT2D eigenvalue weighted by atomic mass is 16.5. The van der Waals surface area contributed by atoms with Crippen molar-refractivity contribution in [3.05, 3.63) is 23.8 Å². The Bertz CT molecular complexity index is 528. The average molecular weight is 336 g/mol. The minimum absolute atomic E-state index is 0.369. The Morgan fingerprint density at radius 3 is 2.46 bits per heavy atom. The molecule has 0 radical (unpaired) electrons. The smallest absolute Gasteiger partial charge is 0.341 e. The number of rotatable bonds is 8. The number of hydrogen-bond donors (Lipinski definition) is 0. The number of anilines is 1. The number of esters is 1. The third-order valence-corrected chi connectivity index (χ3v) is 4.24. The van der Waals surface area contributed by atoms with E-state index in [0.717, 1.165) is 44.7 Å². The van der Waals surface area contributed by atoms with Gasteiger partial charge in [0, 0.05) is 51.6 Å². The molecule has 6 nitrogen and oxygen atoms in total. The maximum atomic E-state index is 12.0. The summed E-state index contributed by atoms with van der Waals surface area (Å²) in [6.07, 6.45) is 1.81. The van der Waals surface area contributed by atoms with Crippen molar-refractivity contribution >= 4 is 11.7 Å². The van der Waals surface area contributed by atoms with Gasteiger partial charge in [-0.3, -0.25) is 0 Å². The van der Waals surface area contributed by atoms with Crippen molar-refractivity contribution in [1.29, 1.82) is 0 Å². The molecule has 0 aromatic heterocycles. The van der Waals surface area contributed by atoms with Crippen LogP contribution in [0.25, 0.3) is 0 Å². The van der Waals surface area contributed by atoms with E-state index in [1.54, 1.807) is 13.2 Å². The normalized spacial score (nSPS) is 15.4. The van der Waals surface area contributed by atoms with Gasteiger partial charge in [0.25, 0.3) is 0 Å². The predicted octanol–water partition coefficient (Wildman–Crippen LogP) is 2.03. The van der Waals surface area contributed by atoms with E-state index in [9.17, 15) is 4.79 Å². The number of carbonyl (C=O) groups excluding carboxylic acids is 1. The van der Waals surface area contributed by atoms with Gasteiger partial charge in [0.05, 0.1) is 13.7 Å². The Kier molecular flexibility index (Phi) is 7.34. The number of nitrogens with zero attached hydrogens (tertiary/aromatic N) is 2. The summed E-state index contributed by atoms with van der Waals surface area (Å²) in [7, 11) is 5.21. The van der Waals surface area contributed by atoms with Crippen LogP contribution in [0, 0.1) is 0 Å². The van der Waals surface area contributed by atoms with Crippen LogP contribution >= 0.6 is 0 Å². The molecule has 1 aliphatic heterocycles. The van der Waals surface area contributed by atoms with Gasteiger partial charge in [0.1, 0.15) is 11.3 Å². The fraction of sp³-hybridized carbons (Fsp3) is 0.611. The Hall–Kier alpha value is -1.79. The molecule has 0 amide bonds. The standard InChI is InChI=1S/C18H28N2O4/c1-19-8-10-20(11-9-19)15-6-7-16(18(21)23-3)17(14-15)24-13-5-4-12-22-2/h6-7,14H,4-5,8-13H2,1-3H3. The van der Waals surface area contributed by atoms with Gasteiger partial charge in [-0.15, -0.1) is 0 Å². The molecule has 134 valence electrons. The lowest BCUT2D eigenvalue weighted by molar-refractivity contribution is 0.0596. The Balaban J connectivity index is 2.08. The van der Waals surface area contributed by atoms with Crippen LogP contribution in [0.15, 0.2) is 18.2 Å². The molecule has 0 saturated carbocycles. The van der Waals surface area contributed by atoms with Crippen molar-refractivity contribution in [2.75, 3.05) is 65.6 Å². The van der Waals surface area contributed by atoms with E-state index in [0.29, 0.717) is 24.5 Å². The molecule has 0 spiro atoms. The van der Waals surface area contributed by atoms with Crippen LogP contribution in [0.2, 0.25) is 0 Å². The number of methoxy groups -OCH3 is 2. The average Bonchev–Trinajstić information content (AvgIpc) is 2.61. The zero-order valence-electron chi connectivity index (χ0n) is 14.9. The Labute approximate surface area is 144 Å². The summed E-state index contributed by atoms with van der Waals surface area (Å²) in [5.41, 5.74) is 1.56. The van der Waals surface area contributed by atoms with Crippen LogP contribution in [0.5, 0.6) is 5.75 Å². The first-order valence-electron chi connectivity index (χ1n) is 8.43. The lowest BCUT2D eigenvalue weighted by Gasteiger charge is -2.34. The van der Waals surface area contributed by atoms with Crippen molar-refractivity contribution in [1.82, 2.24) is 4.90 Å². The topological polar surface area (TPSA) is 51.2 Å². The predicted molar refractivity (Wildman–Crippen MR) is 94.1 cm³/mol. The highest BCUT2D eigenvalue weighted by molar-refractivity contribution is 5.93. The molecular formula is C18H28N2O4. The van der Waals surface area contributed by atoms with E-state index in [-0.39, 0.29) is 5.97 Å². The zero-order chi connectivity index (χ0) is 17.4. The number of ether oxygens (including phenoxy) is 3. The molecule has 2 rings (SSSR count). The van der Waals surface area contributed by atoms with Gasteiger partial charge in [-0.2, -0.15) is 0 Å². The fourth-order valence-electron chi connectivity index (χ4n) is 2.70. The summed E-state index contributed by atoms with van der Waals surface area (Å²) in [6.45, 7) is 5.29. The molecule has 1 aromatic rings. The molecule has 0 aliphatic carbocycles. The minimum Gasteiger partial charge on any atom is -0.493 e. The molecule has 1 aliphatic rings. The summed E-state index contributed by atoms with van der Waals surface area (Å²) in [4.78, 5) is 16.6. The summed E-state index contributed by atoms with van der Waals surface area (Å²) < 4.78 is 15.8. The lowest BCUT2D eigenvalue weighted by atomic mass is 10.1. The van der Waals surface area contributed by atoms with Crippen molar-refractivity contribution < 1.29 is 19.0 Å². The summed E-state index contributed by atoms with van der Waals surface area (Å²) in [5, 5.41) is 0. The van der Waals surface area contributed by atoms with Gasteiger partial charge in [-0.25, -0.2) is 4.79 Å². The van der Waals surface area contributed by atoms with Crippen molar-refractivity contribution in [2.24, 2.45) is 0 Å². The molecule has 0 unspecified atom stereocenters. The van der Waals surface area contributed by atoms with Crippen molar-refractivity contribution in [3.63, 3.8) is 0 Å². The van der Waals surface area contributed by atoms with Gasteiger partial charge >= 0.3 is 5.97 Å². The molecule has 0 atom stereocenters. The van der Waals surface area contributed by atoms with Gasteiger partial charge in [-0.05, 0) is 32.0 Å². The van der Waals surface area contributed by atoms with Crippen LogP contribution in [0.3, 0.4) is 0 Å². The third kappa shape index (κ3) is 5.11. The Morgan fingerprint density at radius 2 is 1.79 bits per heavy atom. The highest BCUT2D eigenvalue weighted by Gasteiger charge is 2.18. The molecular weight excluding hydrogens is 308 g/mol. The van der Waals surface area contributed by atoms with Crippen LogP contribution < -0.4 is 9.64 Å². The number of hydrogen-bond acceptors (Lipinski definition) is 6. The van der Waals surface area contributed by atoms with Gasteiger partial charge in [-0.1, -0.05) is 0 Å². The monoisotopic (exact) mass is 336 g/mol. The van der Waals surface area contributed by atoms with Crippen molar-refractivity contribution in [2.45, 2.75) is 12.8 Å². The molecule has 0 N–H and O–H groups in total. The fourth-order valence-corrected chi connectivity index (χ4v) is 2.70. The van der Waals surface area contributed by atoms with Gasteiger partial charge in [0.15, 0.2) is 0 Å². The summed E-state index contributed by atoms with van der Waals surface area (Å²) in [5.74, 6) is 0.225. The third-order valence-electron chi connectivity index (χ3n) is 4.24. The maximum absolute atomic E-state index is 12.0. The van der Waals surface area contributed by atoms with E-state index in [2.05, 4.69) is 16.8 Å². The number of benzene rings is 1. The summed E-state index contributed by atoms with van der Waals surface area (Å²) >= 11 is 0. The number of carbonyl (C=O) groups is 1. The highest BCUT2D eigenvalue weighted by Crippen LogP contribution is 2.27. The molecule has 6 heteroatoms. The van der Waals surface area contributed by atoms with E-state index in [1.807, 2.05) is 12.1 Å². The van der Waals surface area contributed by atoms with E-state index < -0.39 is 0 Å². The van der Waals surface area contributed by atoms with E-state index in [1.165, 1.54) is 7.11 Å². The van der Waals surface area contributed by atoms with Gasteiger partial charge < -0.3 is 24.0 Å². The quantitative estimate of drug-likeness (QED) is 0.535. The van der Waals surface area contributed by atoms with E-state index >= 15 is 0 Å². The molecule has 24 heavy (non-hydrogen) atoms. The van der Waals surface area contributed by atoms with E-state index in [4.69, 9.17) is 14.2 Å². The molecule has 0 bridgehead atoms. The molecule has 1 aromatic carbocycles. The van der Waals surface area contributed by atoms with Gasteiger partial charge in [0.2, 0.25) is 0 Å². The second-order valence-electron chi connectivity index (χ2n) is 6.01. The number of piperazine rings is 1. The molecule has 1 saturated heterocycles. The second kappa shape index (κ2) is 9.49. The zero-order valence-corrected chi connectivity index (χ0v) is 14.9. The SMILES string of the molecule is COCCCCOc1cc(N2CCN(C)CC2)ccc1C(=O)OC.